The van der Waals surface area contributed by atoms with Crippen molar-refractivity contribution < 1.29 is 4.79 Å². The molecule has 0 radical (unpaired) electrons. The van der Waals surface area contributed by atoms with Gasteiger partial charge in [-0.2, -0.15) is 0 Å². The summed E-state index contributed by atoms with van der Waals surface area (Å²) < 4.78 is 0. The smallest absolute Gasteiger partial charge is 0.226 e. The Morgan fingerprint density at radius 1 is 1.56 bits per heavy atom. The number of nitrogens with zero attached hydrogens (tertiary/aromatic N) is 1. The number of nitrogens with one attached hydrogen (secondary N) is 1. The van der Waals surface area contributed by atoms with Crippen molar-refractivity contribution >= 4 is 18.3 Å². The normalized spacial score (nSPS) is 31.6. The minimum absolute atomic E-state index is 0. The third kappa shape index (κ3) is 2.51. The highest BCUT2D eigenvalue weighted by molar-refractivity contribution is 5.85. The van der Waals surface area contributed by atoms with Gasteiger partial charge < -0.3 is 10.2 Å². The van der Waals surface area contributed by atoms with Crippen LogP contribution in [0.1, 0.15) is 26.7 Å². The van der Waals surface area contributed by atoms with Crippen molar-refractivity contribution in [2.75, 3.05) is 26.7 Å². The molecule has 2 fully saturated rings. The van der Waals surface area contributed by atoms with E-state index in [1.165, 1.54) is 6.42 Å². The van der Waals surface area contributed by atoms with Gasteiger partial charge in [-0.25, -0.2) is 0 Å². The Morgan fingerprint density at radius 2 is 2.25 bits per heavy atom. The van der Waals surface area contributed by atoms with Crippen LogP contribution < -0.4 is 5.32 Å². The Hall–Kier alpha value is -0.280. The van der Waals surface area contributed by atoms with Crippen molar-refractivity contribution in [2.24, 2.45) is 17.3 Å². The Bertz CT molecular complexity index is 262. The van der Waals surface area contributed by atoms with E-state index < -0.39 is 0 Å². The zero-order valence-electron chi connectivity index (χ0n) is 10.5. The monoisotopic (exact) mass is 246 g/mol. The molecule has 2 unspecified atom stereocenters. The van der Waals surface area contributed by atoms with Gasteiger partial charge in [0.1, 0.15) is 0 Å². The summed E-state index contributed by atoms with van der Waals surface area (Å²) in [6.45, 7) is 7.35. The van der Waals surface area contributed by atoms with Gasteiger partial charge >= 0.3 is 0 Å². The molecule has 1 aliphatic carbocycles. The summed E-state index contributed by atoms with van der Waals surface area (Å²) in [6.07, 6.45) is 2.31. The third-order valence-corrected chi connectivity index (χ3v) is 3.78. The summed E-state index contributed by atoms with van der Waals surface area (Å²) in [5.41, 5.74) is 0.350. The molecule has 1 spiro atoms. The number of amides is 1. The predicted octanol–water partition coefficient (Wildman–Crippen LogP) is 1.52. The fraction of sp³-hybridized carbons (Fsp3) is 0.917. The van der Waals surface area contributed by atoms with E-state index in [4.69, 9.17) is 0 Å². The molecular weight excluding hydrogens is 224 g/mol. The minimum Gasteiger partial charge on any atom is -0.345 e. The first-order valence-corrected chi connectivity index (χ1v) is 6.01. The third-order valence-electron chi connectivity index (χ3n) is 3.78. The summed E-state index contributed by atoms with van der Waals surface area (Å²) in [4.78, 5) is 14.0. The fourth-order valence-electron chi connectivity index (χ4n) is 2.84. The van der Waals surface area contributed by atoms with Gasteiger partial charge in [-0.1, -0.05) is 13.8 Å². The van der Waals surface area contributed by atoms with E-state index in [2.05, 4.69) is 19.2 Å². The van der Waals surface area contributed by atoms with Crippen LogP contribution >= 0.6 is 12.4 Å². The van der Waals surface area contributed by atoms with Crippen molar-refractivity contribution in [1.82, 2.24) is 10.2 Å². The lowest BCUT2D eigenvalue weighted by molar-refractivity contribution is -0.132. The van der Waals surface area contributed by atoms with Crippen LogP contribution in [0.5, 0.6) is 0 Å². The largest absolute Gasteiger partial charge is 0.345 e. The van der Waals surface area contributed by atoms with Crippen LogP contribution in [-0.4, -0.2) is 37.5 Å². The summed E-state index contributed by atoms with van der Waals surface area (Å²) in [5.74, 6) is 1.25. The summed E-state index contributed by atoms with van der Waals surface area (Å²) >= 11 is 0. The second-order valence-corrected chi connectivity index (χ2v) is 5.66. The van der Waals surface area contributed by atoms with Crippen LogP contribution in [0, 0.1) is 17.3 Å². The highest BCUT2D eigenvalue weighted by atomic mass is 35.5. The first-order chi connectivity index (χ1) is 7.05. The van der Waals surface area contributed by atoms with Crippen molar-refractivity contribution in [3.63, 3.8) is 0 Å². The van der Waals surface area contributed by atoms with Gasteiger partial charge in [0.05, 0.1) is 0 Å². The molecule has 2 rings (SSSR count). The van der Waals surface area contributed by atoms with Crippen LogP contribution in [-0.2, 0) is 4.79 Å². The predicted molar refractivity (Wildman–Crippen MR) is 67.7 cm³/mol. The minimum atomic E-state index is 0. The molecule has 2 aliphatic rings. The van der Waals surface area contributed by atoms with Crippen LogP contribution in [0.3, 0.4) is 0 Å². The number of halogens is 1. The Labute approximate surface area is 104 Å². The molecule has 1 aliphatic heterocycles. The quantitative estimate of drug-likeness (QED) is 0.819. The Morgan fingerprint density at radius 3 is 2.75 bits per heavy atom. The van der Waals surface area contributed by atoms with E-state index in [1.807, 2.05) is 11.9 Å². The lowest BCUT2D eigenvalue weighted by Gasteiger charge is -2.20. The molecule has 1 saturated heterocycles. The van der Waals surface area contributed by atoms with Gasteiger partial charge in [0.2, 0.25) is 5.91 Å². The van der Waals surface area contributed by atoms with Crippen molar-refractivity contribution in [3.05, 3.63) is 0 Å². The molecule has 1 N–H and O–H groups in total. The Balaban J connectivity index is 0.00000128. The molecule has 0 aromatic heterocycles. The van der Waals surface area contributed by atoms with E-state index in [-0.39, 0.29) is 12.4 Å². The molecule has 4 heteroatoms. The van der Waals surface area contributed by atoms with Crippen molar-refractivity contribution in [2.45, 2.75) is 26.7 Å². The number of carbonyl (C=O) groups is 1. The van der Waals surface area contributed by atoms with Gasteiger partial charge in [-0.05, 0) is 30.7 Å². The van der Waals surface area contributed by atoms with Gasteiger partial charge in [-0.3, -0.25) is 4.79 Å². The molecule has 0 aromatic rings. The molecule has 1 saturated carbocycles. The second-order valence-electron chi connectivity index (χ2n) is 5.66. The standard InChI is InChI=1S/C12H22N2O.ClH/c1-9(2)7-14(3)11(15)10-6-12(10)4-5-13-8-12;/h9-10,13H,4-8H2,1-3H3;1H. The van der Waals surface area contributed by atoms with E-state index >= 15 is 0 Å². The summed E-state index contributed by atoms with van der Waals surface area (Å²) in [5, 5.41) is 3.37. The summed E-state index contributed by atoms with van der Waals surface area (Å²) in [6, 6.07) is 0. The van der Waals surface area contributed by atoms with Crippen LogP contribution in [0.4, 0.5) is 0 Å². The number of hydrogen-bond acceptors (Lipinski definition) is 2. The second kappa shape index (κ2) is 4.92. The molecule has 0 bridgehead atoms. The lowest BCUT2D eigenvalue weighted by Crippen LogP contribution is -2.33. The maximum absolute atomic E-state index is 12.1. The lowest BCUT2D eigenvalue weighted by atomic mass is 10.0. The molecular formula is C12H23ClN2O. The molecule has 94 valence electrons. The topological polar surface area (TPSA) is 32.3 Å². The van der Waals surface area contributed by atoms with Gasteiger partial charge in [0.25, 0.3) is 0 Å². The van der Waals surface area contributed by atoms with Gasteiger partial charge in [0.15, 0.2) is 0 Å². The zero-order valence-corrected chi connectivity index (χ0v) is 11.3. The average Bonchev–Trinajstić information content (AvgIpc) is 2.61. The van der Waals surface area contributed by atoms with Gasteiger partial charge in [0, 0.05) is 26.1 Å². The summed E-state index contributed by atoms with van der Waals surface area (Å²) in [7, 11) is 1.94. The van der Waals surface area contributed by atoms with Crippen molar-refractivity contribution in [1.29, 1.82) is 0 Å². The number of rotatable bonds is 3. The fourth-order valence-corrected chi connectivity index (χ4v) is 2.84. The zero-order chi connectivity index (χ0) is 11.1. The van der Waals surface area contributed by atoms with Crippen LogP contribution in [0.2, 0.25) is 0 Å². The van der Waals surface area contributed by atoms with E-state index in [9.17, 15) is 4.79 Å². The number of carbonyl (C=O) groups excluding carboxylic acids is 1. The highest BCUT2D eigenvalue weighted by Crippen LogP contribution is 2.57. The maximum Gasteiger partial charge on any atom is 0.226 e. The Kier molecular flexibility index (Phi) is 4.24. The van der Waals surface area contributed by atoms with E-state index in [1.54, 1.807) is 0 Å². The highest BCUT2D eigenvalue weighted by Gasteiger charge is 2.59. The van der Waals surface area contributed by atoms with E-state index in [0.717, 1.165) is 26.1 Å². The SMILES string of the molecule is CC(C)CN(C)C(=O)C1CC12CCNC2.Cl. The molecule has 2 atom stereocenters. The average molecular weight is 247 g/mol. The van der Waals surface area contributed by atoms with E-state index in [0.29, 0.717) is 23.2 Å². The van der Waals surface area contributed by atoms with Crippen LogP contribution in [0.25, 0.3) is 0 Å². The molecule has 0 aromatic carbocycles. The molecule has 16 heavy (non-hydrogen) atoms. The molecule has 3 nitrogen and oxygen atoms in total. The number of hydrogen-bond donors (Lipinski definition) is 1. The first kappa shape index (κ1) is 13.8. The first-order valence-electron chi connectivity index (χ1n) is 6.01. The molecule has 1 heterocycles. The van der Waals surface area contributed by atoms with Gasteiger partial charge in [-0.15, -0.1) is 12.4 Å². The maximum atomic E-state index is 12.1. The van der Waals surface area contributed by atoms with Crippen molar-refractivity contribution in [3.8, 4) is 0 Å². The molecule has 1 amide bonds. The van der Waals surface area contributed by atoms with Crippen LogP contribution in [0.15, 0.2) is 0 Å².